The van der Waals surface area contributed by atoms with E-state index in [1.807, 2.05) is 0 Å². The number of aliphatic hydroxyl groups excluding tert-OH is 1. The molecule has 3 N–H and O–H groups in total. The zero-order valence-electron chi connectivity index (χ0n) is 64.8. The quantitative estimate of drug-likeness (QED) is 0.0222. The van der Waals surface area contributed by atoms with Gasteiger partial charge in [-0.05, 0) is 37.5 Å². The molecular weight excluding hydrogens is 1290 g/mol. The van der Waals surface area contributed by atoms with Crippen molar-refractivity contribution in [1.29, 1.82) is 0 Å². The van der Waals surface area contributed by atoms with Crippen LogP contribution < -0.4 is 0 Å². The maximum atomic E-state index is 13.1. The molecule has 0 radical (unpaired) electrons. The molecule has 0 aliphatic carbocycles. The molecule has 5 atom stereocenters. The number of esters is 4. The summed E-state index contributed by atoms with van der Waals surface area (Å²) in [5, 5.41) is 10.6. The summed E-state index contributed by atoms with van der Waals surface area (Å²) in [4.78, 5) is 72.9. The molecule has 0 heterocycles. The number of carbonyl (C=O) groups is 4. The number of hydrogen-bond donors (Lipinski definition) is 3. The summed E-state index contributed by atoms with van der Waals surface area (Å²) in [5.74, 6) is -0.588. The van der Waals surface area contributed by atoms with Gasteiger partial charge in [-0.25, -0.2) is 9.13 Å². The number of phosphoric ester groups is 2. The molecule has 17 nitrogen and oxygen atoms in total. The summed E-state index contributed by atoms with van der Waals surface area (Å²) in [6.07, 6.45) is 61.2. The number of carbonyl (C=O) groups excluding carboxylic acids is 4. The van der Waals surface area contributed by atoms with Crippen molar-refractivity contribution in [2.45, 2.75) is 439 Å². The second-order valence-electron chi connectivity index (χ2n) is 29.8. The van der Waals surface area contributed by atoms with Crippen LogP contribution in [-0.2, 0) is 65.4 Å². The molecule has 0 fully saturated rings. The number of ether oxygens (including phenoxy) is 4. The van der Waals surface area contributed by atoms with Gasteiger partial charge in [-0.15, -0.1) is 0 Å². The Labute approximate surface area is 607 Å². The Morgan fingerprint density at radius 3 is 0.687 bits per heavy atom. The molecule has 0 saturated carbocycles. The largest absolute Gasteiger partial charge is 0.472 e. The molecule has 0 aliphatic rings. The standard InChI is InChI=1S/C80H156O17P2/c1-7-9-11-13-15-17-19-20-21-22-23-24-25-28-32-35-39-46-52-58-64-79(84)96-75(68-91-78(83)63-57-51-45-38-34-31-29-26-27-30-33-36-42-48-54-60-72(3)4)70-94-98(86,87)92-66-74(81)67-93-99(88,89)95-71-76(69-90-77(82)62-56-50-44-37-18-16-14-12-10-8-2)97-80(85)65-59-53-47-41-40-43-49-55-61-73(5)6/h72-76,81H,7-71H2,1-6H3,(H,86,87)(H,88,89)/t74-,75-,76-/m1/s1. The normalized spacial score (nSPS) is 13.9. The van der Waals surface area contributed by atoms with Gasteiger partial charge in [-0.1, -0.05) is 369 Å². The fourth-order valence-corrected chi connectivity index (χ4v) is 13.9. The van der Waals surface area contributed by atoms with E-state index in [1.165, 1.54) is 238 Å². The van der Waals surface area contributed by atoms with Gasteiger partial charge in [0.05, 0.1) is 26.4 Å². The number of aliphatic hydroxyl groups is 1. The van der Waals surface area contributed by atoms with Crippen LogP contribution in [0.2, 0.25) is 0 Å². The van der Waals surface area contributed by atoms with Gasteiger partial charge in [0.2, 0.25) is 0 Å². The number of hydrogen-bond acceptors (Lipinski definition) is 15. The van der Waals surface area contributed by atoms with Crippen molar-refractivity contribution >= 4 is 39.5 Å². The maximum Gasteiger partial charge on any atom is 0.472 e. The van der Waals surface area contributed by atoms with Crippen LogP contribution in [0.15, 0.2) is 0 Å². The first-order valence-electron chi connectivity index (χ1n) is 41.5. The van der Waals surface area contributed by atoms with E-state index in [4.69, 9.17) is 37.0 Å². The van der Waals surface area contributed by atoms with Gasteiger partial charge in [0.1, 0.15) is 19.3 Å². The van der Waals surface area contributed by atoms with Crippen molar-refractivity contribution in [3.05, 3.63) is 0 Å². The average Bonchev–Trinajstić information content (AvgIpc) is 1.08. The smallest absolute Gasteiger partial charge is 0.462 e. The lowest BCUT2D eigenvalue weighted by atomic mass is 10.0. The second-order valence-corrected chi connectivity index (χ2v) is 32.7. The van der Waals surface area contributed by atoms with Crippen molar-refractivity contribution in [2.24, 2.45) is 11.8 Å². The summed E-state index contributed by atoms with van der Waals surface area (Å²) >= 11 is 0. The Bertz CT molecular complexity index is 1910. The average molecular weight is 1450 g/mol. The van der Waals surface area contributed by atoms with E-state index in [1.54, 1.807) is 0 Å². The zero-order valence-corrected chi connectivity index (χ0v) is 66.6. The molecule has 0 bridgehead atoms. The second kappa shape index (κ2) is 71.7. The summed E-state index contributed by atoms with van der Waals surface area (Å²) in [7, 11) is -9.91. The third-order valence-corrected chi connectivity index (χ3v) is 20.6. The van der Waals surface area contributed by atoms with E-state index in [-0.39, 0.29) is 25.7 Å². The van der Waals surface area contributed by atoms with Crippen molar-refractivity contribution in [1.82, 2.24) is 0 Å². The highest BCUT2D eigenvalue weighted by Gasteiger charge is 2.30. The molecular formula is C80H156O17P2. The fourth-order valence-electron chi connectivity index (χ4n) is 12.4. The van der Waals surface area contributed by atoms with E-state index in [0.717, 1.165) is 102 Å². The highest BCUT2D eigenvalue weighted by atomic mass is 31.2. The topological polar surface area (TPSA) is 237 Å². The summed E-state index contributed by atoms with van der Waals surface area (Å²) in [5.41, 5.74) is 0. The van der Waals surface area contributed by atoms with Crippen LogP contribution >= 0.6 is 15.6 Å². The molecule has 0 saturated heterocycles. The first kappa shape index (κ1) is 97.1. The van der Waals surface area contributed by atoms with Gasteiger partial charge in [0.15, 0.2) is 12.2 Å². The van der Waals surface area contributed by atoms with Crippen molar-refractivity contribution in [3.8, 4) is 0 Å². The molecule has 0 aliphatic heterocycles. The number of unbranched alkanes of at least 4 members (excludes halogenated alkanes) is 49. The highest BCUT2D eigenvalue weighted by Crippen LogP contribution is 2.45. The van der Waals surface area contributed by atoms with Crippen LogP contribution in [-0.4, -0.2) is 96.7 Å². The lowest BCUT2D eigenvalue weighted by molar-refractivity contribution is -0.161. The van der Waals surface area contributed by atoms with E-state index in [9.17, 15) is 43.2 Å². The predicted molar refractivity (Wildman–Crippen MR) is 405 cm³/mol. The van der Waals surface area contributed by atoms with E-state index in [0.29, 0.717) is 25.7 Å². The van der Waals surface area contributed by atoms with Crippen LogP contribution in [0.5, 0.6) is 0 Å². The van der Waals surface area contributed by atoms with Crippen LogP contribution in [0, 0.1) is 11.8 Å². The predicted octanol–water partition coefficient (Wildman–Crippen LogP) is 23.9. The first-order valence-corrected chi connectivity index (χ1v) is 44.5. The van der Waals surface area contributed by atoms with Crippen LogP contribution in [0.25, 0.3) is 0 Å². The van der Waals surface area contributed by atoms with Gasteiger partial charge in [-0.3, -0.25) is 37.3 Å². The van der Waals surface area contributed by atoms with Gasteiger partial charge in [0.25, 0.3) is 0 Å². The third-order valence-electron chi connectivity index (χ3n) is 18.7. The molecule has 0 aromatic rings. The van der Waals surface area contributed by atoms with Crippen LogP contribution in [0.4, 0.5) is 0 Å². The van der Waals surface area contributed by atoms with Crippen molar-refractivity contribution in [3.63, 3.8) is 0 Å². The molecule has 588 valence electrons. The Morgan fingerprint density at radius 1 is 0.273 bits per heavy atom. The van der Waals surface area contributed by atoms with Crippen LogP contribution in [0.1, 0.15) is 420 Å². The van der Waals surface area contributed by atoms with Crippen molar-refractivity contribution < 1.29 is 80.2 Å². The first-order chi connectivity index (χ1) is 47.9. The summed E-state index contributed by atoms with van der Waals surface area (Å²) in [6, 6.07) is 0. The molecule has 0 amide bonds. The van der Waals surface area contributed by atoms with Crippen molar-refractivity contribution in [2.75, 3.05) is 39.6 Å². The minimum Gasteiger partial charge on any atom is -0.462 e. The number of rotatable bonds is 79. The monoisotopic (exact) mass is 1450 g/mol. The lowest BCUT2D eigenvalue weighted by Gasteiger charge is -2.21. The third kappa shape index (κ3) is 74.1. The molecule has 0 aromatic heterocycles. The van der Waals surface area contributed by atoms with Gasteiger partial charge in [-0.2, -0.15) is 0 Å². The maximum absolute atomic E-state index is 13.1. The fraction of sp³-hybridized carbons (Fsp3) is 0.950. The van der Waals surface area contributed by atoms with Crippen LogP contribution in [0.3, 0.4) is 0 Å². The summed E-state index contributed by atoms with van der Waals surface area (Å²) in [6.45, 7) is 9.60. The minimum absolute atomic E-state index is 0.105. The Morgan fingerprint density at radius 2 is 0.465 bits per heavy atom. The van der Waals surface area contributed by atoms with Gasteiger partial charge in [0, 0.05) is 25.7 Å². The molecule has 0 aromatic carbocycles. The van der Waals surface area contributed by atoms with E-state index < -0.39 is 97.5 Å². The Kier molecular flexibility index (Phi) is 70.3. The molecule has 2 unspecified atom stereocenters. The highest BCUT2D eigenvalue weighted by molar-refractivity contribution is 7.47. The lowest BCUT2D eigenvalue weighted by Crippen LogP contribution is -2.30. The number of phosphoric acid groups is 2. The Balaban J connectivity index is 5.21. The molecule has 99 heavy (non-hydrogen) atoms. The molecule has 0 spiro atoms. The van der Waals surface area contributed by atoms with Gasteiger partial charge >= 0.3 is 39.5 Å². The molecule has 19 heteroatoms. The SMILES string of the molecule is CCCCCCCCCCCCCCCCCCCCCCC(=O)O[C@H](COC(=O)CCCCCCCCCCCCCCCCCC(C)C)COP(=O)(O)OC[C@@H](O)COP(=O)(O)OC[C@@H](COC(=O)CCCCCCCCCCCC)OC(=O)CCCCCCCCCCC(C)C. The zero-order chi connectivity index (χ0) is 72.8. The van der Waals surface area contributed by atoms with E-state index >= 15 is 0 Å². The Hall–Kier alpha value is -1.94. The van der Waals surface area contributed by atoms with E-state index in [2.05, 4.69) is 41.5 Å². The van der Waals surface area contributed by atoms with Gasteiger partial charge < -0.3 is 33.8 Å². The molecule has 0 rings (SSSR count). The summed E-state index contributed by atoms with van der Waals surface area (Å²) < 4.78 is 68.6. The minimum atomic E-state index is -4.96.